The van der Waals surface area contributed by atoms with E-state index in [-0.39, 0.29) is 18.3 Å². The van der Waals surface area contributed by atoms with Gasteiger partial charge in [0.1, 0.15) is 18.5 Å². The average Bonchev–Trinajstić information content (AvgIpc) is 2.92. The first kappa shape index (κ1) is 25.7. The normalized spacial score (nSPS) is 16.7. The van der Waals surface area contributed by atoms with Gasteiger partial charge in [-0.1, -0.05) is 44.2 Å². The Morgan fingerprint density at radius 2 is 1.42 bits per heavy atom. The van der Waals surface area contributed by atoms with Gasteiger partial charge in [0.2, 0.25) is 0 Å². The van der Waals surface area contributed by atoms with Crippen molar-refractivity contribution in [3.8, 4) is 5.75 Å². The number of piperazine rings is 1. The quantitative estimate of drug-likeness (QED) is 0.551. The maximum absolute atomic E-state index is 12.4. The molecule has 0 unspecified atom stereocenters. The fourth-order valence-corrected chi connectivity index (χ4v) is 4.37. The summed E-state index contributed by atoms with van der Waals surface area (Å²) >= 11 is 0. The smallest absolute Gasteiger partial charge is 0.410 e. The van der Waals surface area contributed by atoms with Gasteiger partial charge < -0.3 is 28.9 Å². The molecule has 0 spiro atoms. The molecule has 0 aromatic heterocycles. The van der Waals surface area contributed by atoms with E-state index >= 15 is 0 Å². The van der Waals surface area contributed by atoms with Crippen molar-refractivity contribution >= 4 is 17.9 Å². The number of benzene rings is 2. The van der Waals surface area contributed by atoms with Crippen LogP contribution in [0.1, 0.15) is 32.3 Å². The summed E-state index contributed by atoms with van der Waals surface area (Å²) in [7, 11) is 0. The molecule has 0 radical (unpaired) electrons. The Kier molecular flexibility index (Phi) is 8.92. The van der Waals surface area contributed by atoms with E-state index in [0.717, 1.165) is 42.9 Å². The highest BCUT2D eigenvalue weighted by atomic mass is 16.6. The van der Waals surface area contributed by atoms with E-state index < -0.39 is 0 Å². The molecular formula is C28H37N3O5. The molecule has 4 rings (SSSR count). The molecule has 2 aromatic rings. The third kappa shape index (κ3) is 7.29. The Bertz CT molecular complexity index is 966. The van der Waals surface area contributed by atoms with Crippen LogP contribution in [0.15, 0.2) is 54.6 Å². The second kappa shape index (κ2) is 12.5. The number of carbonyl (C=O) groups is 2. The summed E-state index contributed by atoms with van der Waals surface area (Å²) in [4.78, 5) is 30.3. The molecule has 8 heteroatoms. The number of likely N-dealkylation sites (tertiary alicyclic amines) is 1. The molecule has 0 saturated carbocycles. The first-order chi connectivity index (χ1) is 17.5. The van der Waals surface area contributed by atoms with Gasteiger partial charge >= 0.3 is 12.2 Å². The highest BCUT2D eigenvalue weighted by molar-refractivity contribution is 5.68. The van der Waals surface area contributed by atoms with Crippen LogP contribution in [0.4, 0.5) is 15.3 Å². The van der Waals surface area contributed by atoms with Crippen molar-refractivity contribution in [3.05, 3.63) is 60.2 Å². The Labute approximate surface area is 213 Å². The van der Waals surface area contributed by atoms with Crippen LogP contribution in [-0.4, -0.2) is 74.0 Å². The van der Waals surface area contributed by atoms with Crippen molar-refractivity contribution < 1.29 is 23.8 Å². The minimum absolute atomic E-state index is 0.0782. The largest absolute Gasteiger partial charge is 0.490 e. The summed E-state index contributed by atoms with van der Waals surface area (Å²) in [6, 6.07) is 17.8. The van der Waals surface area contributed by atoms with Crippen molar-refractivity contribution in [2.24, 2.45) is 5.92 Å². The van der Waals surface area contributed by atoms with Gasteiger partial charge in [-0.3, -0.25) is 0 Å². The van der Waals surface area contributed by atoms with Gasteiger partial charge in [-0.2, -0.15) is 0 Å². The summed E-state index contributed by atoms with van der Waals surface area (Å²) in [5, 5.41) is 0. The van der Waals surface area contributed by atoms with Crippen LogP contribution in [0.25, 0.3) is 0 Å². The van der Waals surface area contributed by atoms with Gasteiger partial charge in [0.05, 0.1) is 6.61 Å². The third-order valence-electron chi connectivity index (χ3n) is 6.49. The predicted octanol–water partition coefficient (Wildman–Crippen LogP) is 4.78. The van der Waals surface area contributed by atoms with Crippen molar-refractivity contribution in [3.63, 3.8) is 0 Å². The number of hydrogen-bond donors (Lipinski definition) is 0. The first-order valence-corrected chi connectivity index (χ1v) is 12.9. The fraction of sp³-hybridized carbons (Fsp3) is 0.500. The van der Waals surface area contributed by atoms with E-state index in [0.29, 0.717) is 45.3 Å². The lowest BCUT2D eigenvalue weighted by Gasteiger charge is -2.35. The zero-order valence-corrected chi connectivity index (χ0v) is 21.3. The SMILES string of the molecule is CC(C)COC(=O)N1CCN(c2ccc(OC3CCN(C(=O)OCc4ccccc4)CC3)cc2)CC1. The van der Waals surface area contributed by atoms with E-state index in [1.54, 1.807) is 9.80 Å². The molecule has 0 bridgehead atoms. The molecular weight excluding hydrogens is 458 g/mol. The van der Waals surface area contributed by atoms with Gasteiger partial charge in [0.15, 0.2) is 0 Å². The molecule has 0 aliphatic carbocycles. The number of rotatable bonds is 7. The maximum Gasteiger partial charge on any atom is 0.410 e. The monoisotopic (exact) mass is 495 g/mol. The molecule has 8 nitrogen and oxygen atoms in total. The predicted molar refractivity (Wildman–Crippen MR) is 138 cm³/mol. The topological polar surface area (TPSA) is 71.6 Å². The lowest BCUT2D eigenvalue weighted by atomic mass is 10.1. The van der Waals surface area contributed by atoms with Crippen LogP contribution in [-0.2, 0) is 16.1 Å². The summed E-state index contributed by atoms with van der Waals surface area (Å²) in [5.74, 6) is 1.17. The van der Waals surface area contributed by atoms with Crippen LogP contribution in [0.5, 0.6) is 5.75 Å². The number of carbonyl (C=O) groups excluding carboxylic acids is 2. The minimum Gasteiger partial charge on any atom is -0.490 e. The minimum atomic E-state index is -0.269. The Morgan fingerprint density at radius 3 is 2.06 bits per heavy atom. The number of anilines is 1. The Hall–Kier alpha value is -3.42. The van der Waals surface area contributed by atoms with Gasteiger partial charge in [0, 0.05) is 57.8 Å². The molecule has 0 N–H and O–H groups in total. The lowest BCUT2D eigenvalue weighted by molar-refractivity contribution is 0.0638. The second-order valence-electron chi connectivity index (χ2n) is 9.78. The number of ether oxygens (including phenoxy) is 3. The van der Waals surface area contributed by atoms with E-state index in [1.165, 1.54) is 0 Å². The van der Waals surface area contributed by atoms with Gasteiger partial charge in [0.25, 0.3) is 0 Å². The molecule has 2 fully saturated rings. The van der Waals surface area contributed by atoms with E-state index in [9.17, 15) is 9.59 Å². The summed E-state index contributed by atoms with van der Waals surface area (Å²) < 4.78 is 17.0. The van der Waals surface area contributed by atoms with Crippen molar-refractivity contribution in [1.29, 1.82) is 0 Å². The van der Waals surface area contributed by atoms with Crippen LogP contribution in [0.3, 0.4) is 0 Å². The number of piperidine rings is 1. The average molecular weight is 496 g/mol. The van der Waals surface area contributed by atoms with Gasteiger partial charge in [-0.25, -0.2) is 9.59 Å². The second-order valence-corrected chi connectivity index (χ2v) is 9.78. The molecule has 36 heavy (non-hydrogen) atoms. The molecule has 194 valence electrons. The molecule has 2 aliphatic rings. The maximum atomic E-state index is 12.4. The van der Waals surface area contributed by atoms with E-state index in [1.807, 2.05) is 56.3 Å². The van der Waals surface area contributed by atoms with E-state index in [2.05, 4.69) is 17.0 Å². The van der Waals surface area contributed by atoms with Crippen molar-refractivity contribution in [2.45, 2.75) is 39.4 Å². The van der Waals surface area contributed by atoms with Gasteiger partial charge in [-0.15, -0.1) is 0 Å². The van der Waals surface area contributed by atoms with Crippen molar-refractivity contribution in [2.75, 3.05) is 50.8 Å². The van der Waals surface area contributed by atoms with Crippen LogP contribution in [0, 0.1) is 5.92 Å². The highest BCUT2D eigenvalue weighted by Gasteiger charge is 2.25. The molecule has 0 atom stereocenters. The van der Waals surface area contributed by atoms with Gasteiger partial charge in [-0.05, 0) is 35.7 Å². The molecule has 2 aromatic carbocycles. The molecule has 2 amide bonds. The lowest BCUT2D eigenvalue weighted by Crippen LogP contribution is -2.49. The number of amides is 2. The Balaban J connectivity index is 1.17. The summed E-state index contributed by atoms with van der Waals surface area (Å²) in [5.41, 5.74) is 2.10. The van der Waals surface area contributed by atoms with Crippen LogP contribution in [0.2, 0.25) is 0 Å². The molecule has 2 aliphatic heterocycles. The molecule has 2 heterocycles. The van der Waals surface area contributed by atoms with Crippen LogP contribution >= 0.6 is 0 Å². The van der Waals surface area contributed by atoms with Crippen LogP contribution < -0.4 is 9.64 Å². The fourth-order valence-electron chi connectivity index (χ4n) is 4.37. The Morgan fingerprint density at radius 1 is 0.806 bits per heavy atom. The summed E-state index contributed by atoms with van der Waals surface area (Å²) in [6.07, 6.45) is 1.14. The third-order valence-corrected chi connectivity index (χ3v) is 6.49. The van der Waals surface area contributed by atoms with Crippen molar-refractivity contribution in [1.82, 2.24) is 9.80 Å². The highest BCUT2D eigenvalue weighted by Crippen LogP contribution is 2.24. The zero-order valence-electron chi connectivity index (χ0n) is 21.3. The summed E-state index contributed by atoms with van der Waals surface area (Å²) in [6.45, 7) is 8.92. The van der Waals surface area contributed by atoms with E-state index in [4.69, 9.17) is 14.2 Å². The number of hydrogen-bond acceptors (Lipinski definition) is 6. The standard InChI is InChI=1S/C28H37N3O5/c1-22(2)20-34-28(33)31-18-16-29(17-19-31)24-8-10-25(11-9-24)36-26-12-14-30(15-13-26)27(32)35-21-23-6-4-3-5-7-23/h3-11,22,26H,12-21H2,1-2H3. The molecule has 2 saturated heterocycles. The first-order valence-electron chi connectivity index (χ1n) is 12.9. The zero-order chi connectivity index (χ0) is 25.3. The number of nitrogens with zero attached hydrogens (tertiary/aromatic N) is 3.